The van der Waals surface area contributed by atoms with Crippen LogP contribution in [0.3, 0.4) is 0 Å². The van der Waals surface area contributed by atoms with Crippen molar-refractivity contribution in [3.63, 3.8) is 0 Å². The number of benzene rings is 2. The zero-order chi connectivity index (χ0) is 15.1. The van der Waals surface area contributed by atoms with E-state index in [0.717, 1.165) is 16.9 Å². The van der Waals surface area contributed by atoms with Crippen molar-refractivity contribution in [1.29, 1.82) is 0 Å². The van der Waals surface area contributed by atoms with Gasteiger partial charge in [0.1, 0.15) is 5.75 Å². The molecule has 0 spiro atoms. The zero-order valence-electron chi connectivity index (χ0n) is 11.8. The third-order valence-corrected chi connectivity index (χ3v) is 3.04. The van der Waals surface area contributed by atoms with E-state index in [4.69, 9.17) is 15.3 Å². The molecule has 2 rings (SSSR count). The number of amides is 1. The number of ether oxygens (including phenoxy) is 2. The Balaban J connectivity index is 1.83. The van der Waals surface area contributed by atoms with E-state index in [0.29, 0.717) is 18.8 Å². The van der Waals surface area contributed by atoms with Gasteiger partial charge in [-0.05, 0) is 35.4 Å². The molecule has 5 nitrogen and oxygen atoms in total. The molecule has 0 saturated carbocycles. The van der Waals surface area contributed by atoms with Gasteiger partial charge in [0, 0.05) is 5.56 Å². The van der Waals surface area contributed by atoms with Gasteiger partial charge in [0.05, 0.1) is 20.3 Å². The molecule has 0 heterocycles. The van der Waals surface area contributed by atoms with Crippen LogP contribution in [0.1, 0.15) is 21.5 Å². The third-order valence-electron chi connectivity index (χ3n) is 3.04. The number of hydrazine groups is 1. The fourth-order valence-electron chi connectivity index (χ4n) is 1.84. The molecular weight excluding hydrogens is 268 g/mol. The van der Waals surface area contributed by atoms with Crippen LogP contribution in [0.5, 0.6) is 5.75 Å². The fourth-order valence-corrected chi connectivity index (χ4v) is 1.84. The number of methoxy groups -OCH3 is 1. The van der Waals surface area contributed by atoms with E-state index in [2.05, 4.69) is 5.43 Å². The van der Waals surface area contributed by atoms with Crippen molar-refractivity contribution in [2.45, 2.75) is 13.2 Å². The van der Waals surface area contributed by atoms with Crippen LogP contribution >= 0.6 is 0 Å². The summed E-state index contributed by atoms with van der Waals surface area (Å²) in [6, 6.07) is 14.9. The molecule has 0 aromatic heterocycles. The summed E-state index contributed by atoms with van der Waals surface area (Å²) in [5, 5.41) is 0. The molecule has 110 valence electrons. The second-order valence-corrected chi connectivity index (χ2v) is 4.51. The standard InChI is InChI=1S/C16H18N2O3/c1-20-15-8-4-13(5-9-15)11-21-10-12-2-6-14(7-3-12)16(19)18-17/h2-9H,10-11,17H2,1H3,(H,18,19). The van der Waals surface area contributed by atoms with Gasteiger partial charge in [0.15, 0.2) is 0 Å². The lowest BCUT2D eigenvalue weighted by atomic mass is 10.1. The first kappa shape index (κ1) is 15.0. The molecule has 2 aromatic carbocycles. The summed E-state index contributed by atoms with van der Waals surface area (Å²) in [7, 11) is 1.64. The van der Waals surface area contributed by atoms with Crippen LogP contribution in [0.15, 0.2) is 48.5 Å². The van der Waals surface area contributed by atoms with E-state index in [1.807, 2.05) is 36.4 Å². The van der Waals surface area contributed by atoms with Gasteiger partial charge in [-0.25, -0.2) is 5.84 Å². The number of hydrogen-bond acceptors (Lipinski definition) is 4. The highest BCUT2D eigenvalue weighted by atomic mass is 16.5. The quantitative estimate of drug-likeness (QED) is 0.484. The highest BCUT2D eigenvalue weighted by molar-refractivity contribution is 5.93. The minimum Gasteiger partial charge on any atom is -0.497 e. The van der Waals surface area contributed by atoms with Crippen molar-refractivity contribution in [2.75, 3.05) is 7.11 Å². The summed E-state index contributed by atoms with van der Waals surface area (Å²) < 4.78 is 10.7. The van der Waals surface area contributed by atoms with Gasteiger partial charge in [-0.3, -0.25) is 10.2 Å². The lowest BCUT2D eigenvalue weighted by Crippen LogP contribution is -2.29. The molecule has 0 fully saturated rings. The minimum absolute atomic E-state index is 0.305. The molecule has 0 unspecified atom stereocenters. The van der Waals surface area contributed by atoms with Gasteiger partial charge in [0.25, 0.3) is 5.91 Å². The second-order valence-electron chi connectivity index (χ2n) is 4.51. The molecule has 3 N–H and O–H groups in total. The maximum Gasteiger partial charge on any atom is 0.265 e. The first-order valence-corrected chi connectivity index (χ1v) is 6.53. The third kappa shape index (κ3) is 4.30. The number of rotatable bonds is 6. The molecule has 0 aliphatic heterocycles. The largest absolute Gasteiger partial charge is 0.497 e. The van der Waals surface area contributed by atoms with E-state index in [1.54, 1.807) is 19.2 Å². The lowest BCUT2D eigenvalue weighted by molar-refractivity contribution is 0.0953. The summed E-state index contributed by atoms with van der Waals surface area (Å²) in [5.41, 5.74) is 4.69. The van der Waals surface area contributed by atoms with Gasteiger partial charge in [-0.1, -0.05) is 24.3 Å². The van der Waals surface area contributed by atoms with E-state index >= 15 is 0 Å². The maximum absolute atomic E-state index is 11.3. The van der Waals surface area contributed by atoms with Gasteiger partial charge < -0.3 is 9.47 Å². The Morgan fingerprint density at radius 3 is 2.00 bits per heavy atom. The summed E-state index contributed by atoms with van der Waals surface area (Å²) in [5.74, 6) is 5.60. The number of carbonyl (C=O) groups is 1. The molecule has 5 heteroatoms. The van der Waals surface area contributed by atoms with E-state index in [1.165, 1.54) is 0 Å². The van der Waals surface area contributed by atoms with Gasteiger partial charge in [-0.15, -0.1) is 0 Å². The predicted octanol–water partition coefficient (Wildman–Crippen LogP) is 2.02. The van der Waals surface area contributed by atoms with Crippen molar-refractivity contribution in [3.05, 3.63) is 65.2 Å². The first-order chi connectivity index (χ1) is 10.2. The maximum atomic E-state index is 11.3. The Morgan fingerprint density at radius 1 is 1.00 bits per heavy atom. The first-order valence-electron chi connectivity index (χ1n) is 6.53. The Labute approximate surface area is 123 Å². The number of carbonyl (C=O) groups excluding carboxylic acids is 1. The van der Waals surface area contributed by atoms with Crippen molar-refractivity contribution >= 4 is 5.91 Å². The normalized spacial score (nSPS) is 10.2. The van der Waals surface area contributed by atoms with Crippen LogP contribution in [-0.2, 0) is 18.0 Å². The van der Waals surface area contributed by atoms with Crippen LogP contribution in [0, 0.1) is 0 Å². The molecule has 0 radical (unpaired) electrons. The number of nitrogens with one attached hydrogen (secondary N) is 1. The van der Waals surface area contributed by atoms with E-state index in [9.17, 15) is 4.79 Å². The molecule has 0 bridgehead atoms. The molecule has 21 heavy (non-hydrogen) atoms. The smallest absolute Gasteiger partial charge is 0.265 e. The second kappa shape index (κ2) is 7.42. The summed E-state index contributed by atoms with van der Waals surface area (Å²) in [6.45, 7) is 1.01. The van der Waals surface area contributed by atoms with Crippen molar-refractivity contribution < 1.29 is 14.3 Å². The topological polar surface area (TPSA) is 73.6 Å². The molecule has 0 saturated heterocycles. The van der Waals surface area contributed by atoms with Crippen molar-refractivity contribution in [2.24, 2.45) is 5.84 Å². The van der Waals surface area contributed by atoms with Gasteiger partial charge >= 0.3 is 0 Å². The van der Waals surface area contributed by atoms with Crippen LogP contribution < -0.4 is 16.0 Å². The fraction of sp³-hybridized carbons (Fsp3) is 0.188. The van der Waals surface area contributed by atoms with Gasteiger partial charge in [0.2, 0.25) is 0 Å². The van der Waals surface area contributed by atoms with E-state index in [-0.39, 0.29) is 5.91 Å². The summed E-state index contributed by atoms with van der Waals surface area (Å²) >= 11 is 0. The lowest BCUT2D eigenvalue weighted by Gasteiger charge is -2.06. The van der Waals surface area contributed by atoms with Crippen LogP contribution in [0.4, 0.5) is 0 Å². The minimum atomic E-state index is -0.305. The Kier molecular flexibility index (Phi) is 5.31. The SMILES string of the molecule is COc1ccc(COCc2ccc(C(=O)NN)cc2)cc1. The highest BCUT2D eigenvalue weighted by Gasteiger charge is 2.02. The Hall–Kier alpha value is -2.37. The number of hydrogen-bond donors (Lipinski definition) is 2. The molecular formula is C16H18N2O3. The monoisotopic (exact) mass is 286 g/mol. The number of nitrogens with two attached hydrogens (primary N) is 1. The highest BCUT2D eigenvalue weighted by Crippen LogP contribution is 2.13. The molecule has 0 aliphatic carbocycles. The number of nitrogen functional groups attached to an aromatic ring is 1. The molecule has 0 atom stereocenters. The molecule has 1 amide bonds. The van der Waals surface area contributed by atoms with Crippen LogP contribution in [0.25, 0.3) is 0 Å². The van der Waals surface area contributed by atoms with E-state index < -0.39 is 0 Å². The Morgan fingerprint density at radius 2 is 1.52 bits per heavy atom. The Bertz CT molecular complexity index is 579. The molecule has 2 aromatic rings. The predicted molar refractivity (Wildman–Crippen MR) is 79.6 cm³/mol. The molecule has 0 aliphatic rings. The summed E-state index contributed by atoms with van der Waals surface area (Å²) in [6.07, 6.45) is 0. The average molecular weight is 286 g/mol. The average Bonchev–Trinajstić information content (AvgIpc) is 2.55. The van der Waals surface area contributed by atoms with Gasteiger partial charge in [-0.2, -0.15) is 0 Å². The van der Waals surface area contributed by atoms with Crippen LogP contribution in [-0.4, -0.2) is 13.0 Å². The summed E-state index contributed by atoms with van der Waals surface area (Å²) in [4.78, 5) is 11.3. The van der Waals surface area contributed by atoms with Crippen LogP contribution in [0.2, 0.25) is 0 Å². The van der Waals surface area contributed by atoms with Crippen molar-refractivity contribution in [1.82, 2.24) is 5.43 Å². The zero-order valence-corrected chi connectivity index (χ0v) is 11.8. The van der Waals surface area contributed by atoms with Crippen molar-refractivity contribution in [3.8, 4) is 5.75 Å².